The minimum atomic E-state index is -0.567. The van der Waals surface area contributed by atoms with Gasteiger partial charge in [-0.05, 0) is 44.0 Å². The number of rotatable bonds is 6. The first-order valence-electron chi connectivity index (χ1n) is 8.72. The molecule has 2 amide bonds. The Hall–Kier alpha value is -2.28. The predicted molar refractivity (Wildman–Crippen MR) is 92.8 cm³/mol. The second-order valence-corrected chi connectivity index (χ2v) is 6.59. The monoisotopic (exact) mass is 347 g/mol. The molecular weight excluding hydrogens is 322 g/mol. The van der Waals surface area contributed by atoms with E-state index in [1.54, 1.807) is 18.2 Å². The third-order valence-electron chi connectivity index (χ3n) is 4.97. The Kier molecular flexibility index (Phi) is 5.43. The molecule has 2 fully saturated rings. The van der Waals surface area contributed by atoms with Gasteiger partial charge in [-0.15, -0.1) is 0 Å². The minimum absolute atomic E-state index is 0.114. The molecule has 2 heterocycles. The summed E-state index contributed by atoms with van der Waals surface area (Å²) in [6.45, 7) is 1.96. The van der Waals surface area contributed by atoms with Crippen LogP contribution in [0.15, 0.2) is 18.2 Å². The summed E-state index contributed by atoms with van der Waals surface area (Å²) in [6.07, 6.45) is 4.62. The molecule has 2 atom stereocenters. The van der Waals surface area contributed by atoms with Gasteiger partial charge < -0.3 is 20.5 Å². The van der Waals surface area contributed by atoms with Crippen molar-refractivity contribution in [1.82, 2.24) is 10.2 Å². The van der Waals surface area contributed by atoms with Crippen LogP contribution in [0.4, 0.5) is 0 Å². The standard InChI is InChI=1S/C18H25N3O4/c1-24-16-10-12(5-6-15(16)25-11-17(19)22)18(23)20-13-7-9-21-8-3-2-4-14(13)21/h5-6,10,13-14H,2-4,7-9,11H2,1H3,(H2,19,22)(H,20,23)/t13-,14-/m1/s1. The number of primary amides is 1. The summed E-state index contributed by atoms with van der Waals surface area (Å²) in [5.41, 5.74) is 5.59. The highest BCUT2D eigenvalue weighted by atomic mass is 16.5. The van der Waals surface area contributed by atoms with E-state index in [-0.39, 0.29) is 18.6 Å². The average molecular weight is 347 g/mol. The van der Waals surface area contributed by atoms with E-state index in [2.05, 4.69) is 10.2 Å². The van der Waals surface area contributed by atoms with Crippen LogP contribution in [0.3, 0.4) is 0 Å². The fourth-order valence-corrected chi connectivity index (χ4v) is 3.74. The number of nitrogens with one attached hydrogen (secondary N) is 1. The van der Waals surface area contributed by atoms with Crippen LogP contribution >= 0.6 is 0 Å². The fourth-order valence-electron chi connectivity index (χ4n) is 3.74. The highest BCUT2D eigenvalue weighted by molar-refractivity contribution is 5.95. The Bertz CT molecular complexity index is 649. The highest BCUT2D eigenvalue weighted by Gasteiger charge is 2.36. The Balaban J connectivity index is 1.66. The zero-order chi connectivity index (χ0) is 17.8. The van der Waals surface area contributed by atoms with Gasteiger partial charge in [-0.3, -0.25) is 14.5 Å². The van der Waals surface area contributed by atoms with E-state index in [1.165, 1.54) is 20.0 Å². The number of amides is 2. The van der Waals surface area contributed by atoms with Crippen LogP contribution in [0.25, 0.3) is 0 Å². The Morgan fingerprint density at radius 2 is 2.08 bits per heavy atom. The highest BCUT2D eigenvalue weighted by Crippen LogP contribution is 2.29. The molecule has 0 spiro atoms. The van der Waals surface area contributed by atoms with E-state index in [0.29, 0.717) is 23.1 Å². The van der Waals surface area contributed by atoms with Crippen molar-refractivity contribution in [1.29, 1.82) is 0 Å². The molecule has 2 aliphatic rings. The van der Waals surface area contributed by atoms with Gasteiger partial charge >= 0.3 is 0 Å². The van der Waals surface area contributed by atoms with E-state index in [9.17, 15) is 9.59 Å². The lowest BCUT2D eigenvalue weighted by molar-refractivity contribution is -0.119. The van der Waals surface area contributed by atoms with Crippen molar-refractivity contribution in [3.63, 3.8) is 0 Å². The number of carbonyl (C=O) groups excluding carboxylic acids is 2. The first-order valence-corrected chi connectivity index (χ1v) is 8.72. The van der Waals surface area contributed by atoms with Gasteiger partial charge in [0.25, 0.3) is 11.8 Å². The Morgan fingerprint density at radius 1 is 1.24 bits per heavy atom. The smallest absolute Gasteiger partial charge is 0.255 e. The van der Waals surface area contributed by atoms with E-state index >= 15 is 0 Å². The molecule has 0 unspecified atom stereocenters. The number of methoxy groups -OCH3 is 1. The van der Waals surface area contributed by atoms with Crippen LogP contribution in [-0.2, 0) is 4.79 Å². The molecule has 0 saturated carbocycles. The molecule has 0 aliphatic carbocycles. The fraction of sp³-hybridized carbons (Fsp3) is 0.556. The van der Waals surface area contributed by atoms with Gasteiger partial charge in [-0.2, -0.15) is 0 Å². The summed E-state index contributed by atoms with van der Waals surface area (Å²) < 4.78 is 10.5. The normalized spacial score (nSPS) is 22.9. The zero-order valence-corrected chi connectivity index (χ0v) is 14.5. The molecule has 3 rings (SSSR count). The van der Waals surface area contributed by atoms with E-state index in [1.807, 2.05) is 0 Å². The topological polar surface area (TPSA) is 93.9 Å². The number of benzene rings is 1. The summed E-state index contributed by atoms with van der Waals surface area (Å²) in [5, 5.41) is 3.16. The SMILES string of the molecule is COc1cc(C(=O)N[C@@H]2CCN3CCCC[C@H]23)ccc1OCC(N)=O. The second kappa shape index (κ2) is 7.74. The van der Waals surface area contributed by atoms with Crippen LogP contribution < -0.4 is 20.5 Å². The summed E-state index contributed by atoms with van der Waals surface area (Å²) >= 11 is 0. The maximum atomic E-state index is 12.6. The molecule has 1 aromatic carbocycles. The third-order valence-corrected chi connectivity index (χ3v) is 4.97. The second-order valence-electron chi connectivity index (χ2n) is 6.59. The molecule has 7 heteroatoms. The number of ether oxygens (including phenoxy) is 2. The molecule has 1 aromatic rings. The molecule has 0 bridgehead atoms. The van der Waals surface area contributed by atoms with E-state index < -0.39 is 5.91 Å². The van der Waals surface area contributed by atoms with Gasteiger partial charge in [-0.1, -0.05) is 6.42 Å². The lowest BCUT2D eigenvalue weighted by Crippen LogP contribution is -2.46. The molecule has 7 nitrogen and oxygen atoms in total. The first kappa shape index (κ1) is 17.5. The maximum absolute atomic E-state index is 12.6. The lowest BCUT2D eigenvalue weighted by atomic mass is 9.99. The van der Waals surface area contributed by atoms with Crippen molar-refractivity contribution in [3.05, 3.63) is 23.8 Å². The van der Waals surface area contributed by atoms with Crippen LogP contribution in [0.2, 0.25) is 0 Å². The van der Waals surface area contributed by atoms with Crippen LogP contribution in [0.1, 0.15) is 36.0 Å². The maximum Gasteiger partial charge on any atom is 0.255 e. The van der Waals surface area contributed by atoms with Crippen LogP contribution in [0, 0.1) is 0 Å². The van der Waals surface area contributed by atoms with Crippen molar-refractivity contribution >= 4 is 11.8 Å². The van der Waals surface area contributed by atoms with Crippen molar-refractivity contribution in [3.8, 4) is 11.5 Å². The molecule has 0 radical (unpaired) electrons. The van der Waals surface area contributed by atoms with Gasteiger partial charge in [0, 0.05) is 24.2 Å². The average Bonchev–Trinajstić information content (AvgIpc) is 3.02. The van der Waals surface area contributed by atoms with Crippen molar-refractivity contribution < 1.29 is 19.1 Å². The van der Waals surface area contributed by atoms with E-state index in [0.717, 1.165) is 25.9 Å². The number of nitrogens with two attached hydrogens (primary N) is 1. The molecule has 2 aliphatic heterocycles. The van der Waals surface area contributed by atoms with Gasteiger partial charge in [-0.25, -0.2) is 0 Å². The summed E-state index contributed by atoms with van der Waals surface area (Å²) in [4.78, 5) is 25.9. The molecule has 2 saturated heterocycles. The van der Waals surface area contributed by atoms with E-state index in [4.69, 9.17) is 15.2 Å². The number of fused-ring (bicyclic) bond motifs is 1. The quantitative estimate of drug-likeness (QED) is 0.798. The number of hydrogen-bond donors (Lipinski definition) is 2. The van der Waals surface area contributed by atoms with Gasteiger partial charge in [0.2, 0.25) is 0 Å². The summed E-state index contributed by atoms with van der Waals surface area (Å²) in [6, 6.07) is 5.57. The Labute approximate surface area is 147 Å². The zero-order valence-electron chi connectivity index (χ0n) is 14.5. The van der Waals surface area contributed by atoms with Crippen LogP contribution in [0.5, 0.6) is 11.5 Å². The summed E-state index contributed by atoms with van der Waals surface area (Å²) in [7, 11) is 1.49. The van der Waals surface area contributed by atoms with Crippen molar-refractivity contribution in [2.75, 3.05) is 26.8 Å². The third kappa shape index (κ3) is 4.04. The van der Waals surface area contributed by atoms with Crippen molar-refractivity contribution in [2.24, 2.45) is 5.73 Å². The molecule has 0 aromatic heterocycles. The lowest BCUT2D eigenvalue weighted by Gasteiger charge is -2.32. The molecule has 25 heavy (non-hydrogen) atoms. The van der Waals surface area contributed by atoms with Gasteiger partial charge in [0.15, 0.2) is 18.1 Å². The Morgan fingerprint density at radius 3 is 2.84 bits per heavy atom. The number of carbonyl (C=O) groups is 2. The molecule has 3 N–H and O–H groups in total. The van der Waals surface area contributed by atoms with Crippen LogP contribution in [-0.4, -0.2) is 55.6 Å². The van der Waals surface area contributed by atoms with Gasteiger partial charge in [0.1, 0.15) is 0 Å². The van der Waals surface area contributed by atoms with Crippen molar-refractivity contribution in [2.45, 2.75) is 37.8 Å². The number of piperidine rings is 1. The number of hydrogen-bond acceptors (Lipinski definition) is 5. The predicted octanol–water partition coefficient (Wildman–Crippen LogP) is 0.916. The first-order chi connectivity index (χ1) is 12.1. The molecule has 136 valence electrons. The number of nitrogens with zero attached hydrogens (tertiary/aromatic N) is 1. The minimum Gasteiger partial charge on any atom is -0.493 e. The largest absolute Gasteiger partial charge is 0.493 e. The summed E-state index contributed by atoms with van der Waals surface area (Å²) in [5.74, 6) is 0.108. The molecular formula is C18H25N3O4. The van der Waals surface area contributed by atoms with Gasteiger partial charge in [0.05, 0.1) is 7.11 Å².